The summed E-state index contributed by atoms with van der Waals surface area (Å²) in [6.45, 7) is 5.62. The molecule has 0 spiro atoms. The first-order valence-electron chi connectivity index (χ1n) is 4.08. The summed E-state index contributed by atoms with van der Waals surface area (Å²) in [4.78, 5) is 11.6. The highest BCUT2D eigenvalue weighted by atomic mass is 32.1. The van der Waals surface area contributed by atoms with Gasteiger partial charge in [-0.15, -0.1) is 0 Å². The van der Waals surface area contributed by atoms with Crippen LogP contribution in [0.4, 0.5) is 0 Å². The van der Waals surface area contributed by atoms with Crippen LogP contribution in [0.2, 0.25) is 0 Å². The van der Waals surface area contributed by atoms with E-state index in [-0.39, 0.29) is 17.9 Å². The first-order valence-corrected chi connectivity index (χ1v) is 4.49. The number of thiocarbonyl (C=S) groups is 1. The Morgan fingerprint density at radius 3 is 2.42 bits per heavy atom. The Bertz CT molecular complexity index is 182. The van der Waals surface area contributed by atoms with Crippen LogP contribution in [-0.4, -0.2) is 16.9 Å². The minimum Gasteiger partial charge on any atom is -0.392 e. The number of amides is 1. The molecule has 4 heteroatoms. The predicted octanol–water partition coefficient (Wildman–Crippen LogP) is 0.823. The van der Waals surface area contributed by atoms with Crippen LogP contribution in [0.1, 0.15) is 27.2 Å². The summed E-state index contributed by atoms with van der Waals surface area (Å²) in [6, 6.07) is -0.207. The summed E-state index contributed by atoms with van der Waals surface area (Å²) in [5.74, 6) is 0.0413. The van der Waals surface area contributed by atoms with Gasteiger partial charge in [0.25, 0.3) is 0 Å². The average molecular weight is 188 g/mol. The fraction of sp³-hybridized carbons (Fsp3) is 0.750. The Morgan fingerprint density at radius 1 is 1.58 bits per heavy atom. The summed E-state index contributed by atoms with van der Waals surface area (Å²) < 4.78 is 0. The minimum absolute atomic E-state index is 0.0119. The van der Waals surface area contributed by atoms with Crippen LogP contribution in [0.25, 0.3) is 0 Å². The highest BCUT2D eigenvalue weighted by Crippen LogP contribution is 2.00. The van der Waals surface area contributed by atoms with E-state index in [4.69, 9.17) is 18.0 Å². The van der Waals surface area contributed by atoms with Gasteiger partial charge in [-0.1, -0.05) is 26.1 Å². The first-order chi connectivity index (χ1) is 5.49. The van der Waals surface area contributed by atoms with Crippen molar-refractivity contribution in [3.8, 4) is 0 Å². The van der Waals surface area contributed by atoms with Gasteiger partial charge in [-0.3, -0.25) is 4.79 Å². The summed E-state index contributed by atoms with van der Waals surface area (Å²) >= 11 is 4.72. The molecule has 3 nitrogen and oxygen atoms in total. The van der Waals surface area contributed by atoms with Crippen molar-refractivity contribution >= 4 is 23.1 Å². The number of carbonyl (C=O) groups is 1. The van der Waals surface area contributed by atoms with Gasteiger partial charge < -0.3 is 11.1 Å². The number of carbonyl (C=O) groups excluding carboxylic acids is 1. The predicted molar refractivity (Wildman–Crippen MR) is 53.8 cm³/mol. The largest absolute Gasteiger partial charge is 0.392 e. The third-order valence-corrected chi connectivity index (χ3v) is 2.20. The van der Waals surface area contributed by atoms with E-state index in [0.29, 0.717) is 4.99 Å². The second-order valence-corrected chi connectivity index (χ2v) is 3.41. The van der Waals surface area contributed by atoms with Crippen molar-refractivity contribution in [1.82, 2.24) is 5.32 Å². The molecule has 1 amide bonds. The van der Waals surface area contributed by atoms with Gasteiger partial charge in [0.2, 0.25) is 5.91 Å². The summed E-state index contributed by atoms with van der Waals surface area (Å²) in [5.41, 5.74) is 5.34. The van der Waals surface area contributed by atoms with Crippen LogP contribution in [-0.2, 0) is 4.79 Å². The number of nitrogens with two attached hydrogens (primary N) is 1. The molecule has 0 aromatic carbocycles. The van der Waals surface area contributed by atoms with Crippen molar-refractivity contribution in [3.05, 3.63) is 0 Å². The van der Waals surface area contributed by atoms with Crippen LogP contribution >= 0.6 is 12.2 Å². The fourth-order valence-electron chi connectivity index (χ4n) is 0.612. The van der Waals surface area contributed by atoms with Crippen molar-refractivity contribution in [2.75, 3.05) is 0 Å². The molecular formula is C8H16N2OS. The normalized spacial score (nSPS) is 14.9. The highest BCUT2D eigenvalue weighted by Gasteiger charge is 2.13. The molecular weight excluding hydrogens is 172 g/mol. The van der Waals surface area contributed by atoms with Crippen LogP contribution < -0.4 is 11.1 Å². The molecule has 0 aromatic rings. The van der Waals surface area contributed by atoms with E-state index in [1.54, 1.807) is 6.92 Å². The molecule has 0 heterocycles. The Labute approximate surface area is 78.7 Å². The summed E-state index contributed by atoms with van der Waals surface area (Å²) in [5, 5.41) is 2.72. The van der Waals surface area contributed by atoms with Gasteiger partial charge in [0.15, 0.2) is 0 Å². The maximum atomic E-state index is 11.3. The molecule has 0 aliphatic heterocycles. The van der Waals surface area contributed by atoms with E-state index in [9.17, 15) is 4.79 Å². The van der Waals surface area contributed by atoms with Gasteiger partial charge in [-0.25, -0.2) is 0 Å². The first kappa shape index (κ1) is 11.4. The molecule has 0 saturated heterocycles. The molecule has 0 fully saturated rings. The Morgan fingerprint density at radius 2 is 2.08 bits per heavy atom. The zero-order chi connectivity index (χ0) is 9.72. The number of hydrogen-bond donors (Lipinski definition) is 2. The molecule has 3 N–H and O–H groups in total. The van der Waals surface area contributed by atoms with E-state index < -0.39 is 0 Å². The molecule has 12 heavy (non-hydrogen) atoms. The second-order valence-electron chi connectivity index (χ2n) is 2.94. The summed E-state index contributed by atoms with van der Waals surface area (Å²) in [6.07, 6.45) is 0.829. The molecule has 0 bridgehead atoms. The fourth-order valence-corrected chi connectivity index (χ4v) is 0.671. The lowest BCUT2D eigenvalue weighted by Gasteiger charge is -2.15. The van der Waals surface area contributed by atoms with Gasteiger partial charge >= 0.3 is 0 Å². The molecule has 0 aromatic heterocycles. The monoisotopic (exact) mass is 188 g/mol. The van der Waals surface area contributed by atoms with Gasteiger partial charge in [0.1, 0.15) is 0 Å². The maximum absolute atomic E-state index is 11.3. The van der Waals surface area contributed by atoms with Crippen molar-refractivity contribution in [3.63, 3.8) is 0 Å². The topological polar surface area (TPSA) is 55.1 Å². The quantitative estimate of drug-likeness (QED) is 0.642. The maximum Gasteiger partial charge on any atom is 0.223 e. The van der Waals surface area contributed by atoms with Gasteiger partial charge in [-0.2, -0.15) is 0 Å². The molecule has 0 saturated carbocycles. The van der Waals surface area contributed by atoms with E-state index >= 15 is 0 Å². The number of hydrogen-bond acceptors (Lipinski definition) is 2. The lowest BCUT2D eigenvalue weighted by Crippen LogP contribution is -2.43. The summed E-state index contributed by atoms with van der Waals surface area (Å²) in [7, 11) is 0. The zero-order valence-electron chi connectivity index (χ0n) is 7.76. The van der Waals surface area contributed by atoms with Crippen LogP contribution in [0.15, 0.2) is 0 Å². The van der Waals surface area contributed by atoms with Crippen molar-refractivity contribution in [1.29, 1.82) is 0 Å². The van der Waals surface area contributed by atoms with Crippen LogP contribution in [0.3, 0.4) is 0 Å². The zero-order valence-corrected chi connectivity index (χ0v) is 8.57. The molecule has 0 aliphatic carbocycles. The SMILES string of the molecule is CCC(C)C(=O)NC(C)C(N)=S. The second kappa shape index (κ2) is 5.09. The van der Waals surface area contributed by atoms with E-state index in [1.807, 2.05) is 13.8 Å². The minimum atomic E-state index is -0.207. The molecule has 0 rings (SSSR count). The lowest BCUT2D eigenvalue weighted by molar-refractivity contribution is -0.124. The van der Waals surface area contributed by atoms with Crippen LogP contribution in [0.5, 0.6) is 0 Å². The average Bonchev–Trinajstić information content (AvgIpc) is 2.02. The van der Waals surface area contributed by atoms with Crippen molar-refractivity contribution in [2.45, 2.75) is 33.2 Å². The smallest absolute Gasteiger partial charge is 0.223 e. The Balaban J connectivity index is 3.92. The molecule has 2 atom stereocenters. The van der Waals surface area contributed by atoms with Gasteiger partial charge in [0.05, 0.1) is 11.0 Å². The highest BCUT2D eigenvalue weighted by molar-refractivity contribution is 7.80. The van der Waals surface area contributed by atoms with E-state index in [0.717, 1.165) is 6.42 Å². The van der Waals surface area contributed by atoms with Gasteiger partial charge in [0, 0.05) is 5.92 Å². The van der Waals surface area contributed by atoms with Crippen molar-refractivity contribution < 1.29 is 4.79 Å². The molecule has 0 radical (unpaired) electrons. The molecule has 2 unspecified atom stereocenters. The Hall–Kier alpha value is -0.640. The van der Waals surface area contributed by atoms with E-state index in [1.165, 1.54) is 0 Å². The van der Waals surface area contributed by atoms with Gasteiger partial charge in [-0.05, 0) is 13.3 Å². The molecule has 70 valence electrons. The lowest BCUT2D eigenvalue weighted by atomic mass is 10.1. The standard InChI is InChI=1S/C8H16N2OS/c1-4-5(2)8(11)10-6(3)7(9)12/h5-6H,4H2,1-3H3,(H2,9,12)(H,10,11). The third-order valence-electron chi connectivity index (χ3n) is 1.85. The molecule has 0 aliphatic rings. The van der Waals surface area contributed by atoms with Crippen LogP contribution in [0, 0.1) is 5.92 Å². The van der Waals surface area contributed by atoms with E-state index in [2.05, 4.69) is 5.32 Å². The number of rotatable bonds is 4. The van der Waals surface area contributed by atoms with Crippen molar-refractivity contribution in [2.24, 2.45) is 11.7 Å². The number of nitrogens with one attached hydrogen (secondary N) is 1. The Kier molecular flexibility index (Phi) is 4.81. The third kappa shape index (κ3) is 3.67.